The minimum atomic E-state index is -0.843. The van der Waals surface area contributed by atoms with E-state index in [1.165, 1.54) is 0 Å². The van der Waals surface area contributed by atoms with Crippen LogP contribution in [0.1, 0.15) is 32.1 Å². The van der Waals surface area contributed by atoms with Gasteiger partial charge in [-0.2, -0.15) is 0 Å². The molecule has 0 radical (unpaired) electrons. The quantitative estimate of drug-likeness (QED) is 0.648. The van der Waals surface area contributed by atoms with Crippen molar-refractivity contribution in [1.29, 1.82) is 0 Å². The van der Waals surface area contributed by atoms with Crippen molar-refractivity contribution < 1.29 is 14.7 Å². The van der Waals surface area contributed by atoms with E-state index in [1.807, 2.05) is 0 Å². The molecule has 1 fully saturated rings. The Hall–Kier alpha value is -1.32. The van der Waals surface area contributed by atoms with Gasteiger partial charge < -0.3 is 10.0 Å². The highest BCUT2D eigenvalue weighted by atomic mass is 16.4. The number of amides is 1. The first kappa shape index (κ1) is 11.8. The maximum Gasteiger partial charge on any atom is 0.303 e. The van der Waals surface area contributed by atoms with Gasteiger partial charge in [-0.25, -0.2) is 0 Å². The summed E-state index contributed by atoms with van der Waals surface area (Å²) in [5.74, 6) is -0.789. The van der Waals surface area contributed by atoms with Crippen molar-refractivity contribution in [2.45, 2.75) is 38.1 Å². The van der Waals surface area contributed by atoms with E-state index in [2.05, 4.69) is 6.58 Å². The Bertz CT molecular complexity index is 259. The molecular formula is C11H17NO3. The van der Waals surface area contributed by atoms with Crippen molar-refractivity contribution in [3.05, 3.63) is 12.7 Å². The zero-order valence-electron chi connectivity index (χ0n) is 8.82. The Kier molecular flexibility index (Phi) is 4.34. The molecule has 15 heavy (non-hydrogen) atoms. The molecule has 0 aromatic heterocycles. The normalized spacial score (nSPS) is 14.7. The Morgan fingerprint density at radius 3 is 2.53 bits per heavy atom. The van der Waals surface area contributed by atoms with Gasteiger partial charge in [0.1, 0.15) is 0 Å². The molecule has 0 bridgehead atoms. The van der Waals surface area contributed by atoms with Crippen LogP contribution >= 0.6 is 0 Å². The zero-order valence-corrected chi connectivity index (χ0v) is 8.82. The van der Waals surface area contributed by atoms with E-state index in [9.17, 15) is 9.59 Å². The summed E-state index contributed by atoms with van der Waals surface area (Å²) >= 11 is 0. The predicted molar refractivity (Wildman–Crippen MR) is 56.4 cm³/mol. The number of aliphatic carboxylic acids is 1. The SMILES string of the molecule is C=CCN(C(=O)CCCC(=O)O)C1CC1. The second kappa shape index (κ2) is 5.53. The number of carboxylic acids is 1. The van der Waals surface area contributed by atoms with Crippen molar-refractivity contribution in [2.75, 3.05) is 6.54 Å². The van der Waals surface area contributed by atoms with Crippen molar-refractivity contribution in [3.63, 3.8) is 0 Å². The van der Waals surface area contributed by atoms with Gasteiger partial charge in [0.05, 0.1) is 0 Å². The number of hydrogen-bond donors (Lipinski definition) is 1. The molecule has 0 aliphatic heterocycles. The number of carbonyl (C=O) groups excluding carboxylic acids is 1. The third kappa shape index (κ3) is 4.14. The molecule has 0 saturated heterocycles. The van der Waals surface area contributed by atoms with Crippen molar-refractivity contribution in [2.24, 2.45) is 0 Å². The molecule has 0 aromatic rings. The van der Waals surface area contributed by atoms with Gasteiger partial charge in [-0.05, 0) is 19.3 Å². The Labute approximate surface area is 89.6 Å². The molecule has 1 amide bonds. The Balaban J connectivity index is 2.28. The topological polar surface area (TPSA) is 57.6 Å². The zero-order chi connectivity index (χ0) is 11.3. The highest BCUT2D eigenvalue weighted by molar-refractivity contribution is 5.77. The first-order valence-corrected chi connectivity index (χ1v) is 5.27. The molecule has 4 nitrogen and oxygen atoms in total. The molecule has 0 aromatic carbocycles. The molecule has 0 unspecified atom stereocenters. The number of carboxylic acid groups (broad SMARTS) is 1. The van der Waals surface area contributed by atoms with Crippen LogP contribution in [0.5, 0.6) is 0 Å². The van der Waals surface area contributed by atoms with Crippen molar-refractivity contribution in [1.82, 2.24) is 4.90 Å². The fourth-order valence-electron chi connectivity index (χ4n) is 1.51. The highest BCUT2D eigenvalue weighted by Gasteiger charge is 2.31. The molecule has 4 heteroatoms. The van der Waals surface area contributed by atoms with Crippen LogP contribution < -0.4 is 0 Å². The molecule has 1 saturated carbocycles. The Morgan fingerprint density at radius 1 is 1.40 bits per heavy atom. The summed E-state index contributed by atoms with van der Waals surface area (Å²) in [4.78, 5) is 23.8. The smallest absolute Gasteiger partial charge is 0.303 e. The second-order valence-corrected chi connectivity index (χ2v) is 3.81. The van der Waals surface area contributed by atoms with Gasteiger partial charge >= 0.3 is 5.97 Å². The van der Waals surface area contributed by atoms with E-state index in [0.29, 0.717) is 25.4 Å². The summed E-state index contributed by atoms with van der Waals surface area (Å²) in [7, 11) is 0. The first-order valence-electron chi connectivity index (χ1n) is 5.27. The third-order valence-corrected chi connectivity index (χ3v) is 2.42. The molecule has 1 rings (SSSR count). The van der Waals surface area contributed by atoms with E-state index in [4.69, 9.17) is 5.11 Å². The molecule has 84 valence electrons. The minimum absolute atomic E-state index is 0.0543. The third-order valence-electron chi connectivity index (χ3n) is 2.42. The lowest BCUT2D eigenvalue weighted by Gasteiger charge is -2.20. The number of nitrogens with zero attached hydrogens (tertiary/aromatic N) is 1. The van der Waals surface area contributed by atoms with Gasteiger partial charge in [-0.15, -0.1) is 6.58 Å². The van der Waals surface area contributed by atoms with Crippen molar-refractivity contribution >= 4 is 11.9 Å². The maximum absolute atomic E-state index is 11.7. The molecule has 0 spiro atoms. The van der Waals surface area contributed by atoms with Crippen LogP contribution in [0.2, 0.25) is 0 Å². The van der Waals surface area contributed by atoms with Gasteiger partial charge in [0, 0.05) is 25.4 Å². The number of carbonyl (C=O) groups is 2. The molecule has 1 N–H and O–H groups in total. The summed E-state index contributed by atoms with van der Waals surface area (Å²) in [5.41, 5.74) is 0. The fraction of sp³-hybridized carbons (Fsp3) is 0.636. The average Bonchev–Trinajstić information content (AvgIpc) is 2.96. The minimum Gasteiger partial charge on any atom is -0.481 e. The van der Waals surface area contributed by atoms with E-state index >= 15 is 0 Å². The Morgan fingerprint density at radius 2 is 2.07 bits per heavy atom. The summed E-state index contributed by atoms with van der Waals surface area (Å²) in [5, 5.41) is 8.45. The van der Waals surface area contributed by atoms with Gasteiger partial charge in [-0.3, -0.25) is 9.59 Å². The van der Waals surface area contributed by atoms with E-state index in [-0.39, 0.29) is 12.3 Å². The average molecular weight is 211 g/mol. The standard InChI is InChI=1S/C11H17NO3/c1-2-8-12(9-6-7-9)10(13)4-3-5-11(14)15/h2,9H,1,3-8H2,(H,14,15). The van der Waals surface area contributed by atoms with E-state index in [1.54, 1.807) is 11.0 Å². The summed E-state index contributed by atoms with van der Waals surface area (Å²) in [6.45, 7) is 4.19. The lowest BCUT2D eigenvalue weighted by atomic mass is 10.2. The summed E-state index contributed by atoms with van der Waals surface area (Å²) in [6, 6.07) is 0.375. The van der Waals surface area contributed by atoms with Crippen LogP contribution in [0.25, 0.3) is 0 Å². The van der Waals surface area contributed by atoms with Crippen LogP contribution in [0.15, 0.2) is 12.7 Å². The molecular weight excluding hydrogens is 194 g/mol. The highest BCUT2D eigenvalue weighted by Crippen LogP contribution is 2.27. The van der Waals surface area contributed by atoms with E-state index < -0.39 is 5.97 Å². The fourth-order valence-corrected chi connectivity index (χ4v) is 1.51. The van der Waals surface area contributed by atoms with Crippen LogP contribution in [-0.2, 0) is 9.59 Å². The van der Waals surface area contributed by atoms with Crippen LogP contribution in [0.4, 0.5) is 0 Å². The van der Waals surface area contributed by atoms with Gasteiger partial charge in [0.2, 0.25) is 5.91 Å². The van der Waals surface area contributed by atoms with E-state index in [0.717, 1.165) is 12.8 Å². The first-order chi connectivity index (χ1) is 7.15. The molecule has 1 aliphatic carbocycles. The van der Waals surface area contributed by atoms with Gasteiger partial charge in [-0.1, -0.05) is 6.08 Å². The molecule has 1 aliphatic rings. The van der Waals surface area contributed by atoms with Crippen LogP contribution in [0, 0.1) is 0 Å². The predicted octanol–water partition coefficient (Wildman–Crippen LogP) is 1.42. The molecule has 0 heterocycles. The monoisotopic (exact) mass is 211 g/mol. The molecule has 0 atom stereocenters. The van der Waals surface area contributed by atoms with Gasteiger partial charge in [0.15, 0.2) is 0 Å². The lowest BCUT2D eigenvalue weighted by Crippen LogP contribution is -2.33. The largest absolute Gasteiger partial charge is 0.481 e. The summed E-state index contributed by atoms with van der Waals surface area (Å²) in [6.07, 6.45) is 4.67. The lowest BCUT2D eigenvalue weighted by molar-refractivity contribution is -0.137. The number of rotatable bonds is 7. The second-order valence-electron chi connectivity index (χ2n) is 3.81. The number of hydrogen-bond acceptors (Lipinski definition) is 2. The van der Waals surface area contributed by atoms with Crippen molar-refractivity contribution in [3.8, 4) is 0 Å². The van der Waals surface area contributed by atoms with Crippen LogP contribution in [0.3, 0.4) is 0 Å². The summed E-state index contributed by atoms with van der Waals surface area (Å²) < 4.78 is 0. The maximum atomic E-state index is 11.7. The van der Waals surface area contributed by atoms with Crippen LogP contribution in [-0.4, -0.2) is 34.5 Å². The van der Waals surface area contributed by atoms with Gasteiger partial charge in [0.25, 0.3) is 0 Å².